The molecular formula is C12H21N3O2S. The predicted molar refractivity (Wildman–Crippen MR) is 72.7 cm³/mol. The Labute approximate surface area is 112 Å². The van der Waals surface area contributed by atoms with Gasteiger partial charge in [0, 0.05) is 30.7 Å². The van der Waals surface area contributed by atoms with Gasteiger partial charge in [-0.1, -0.05) is 0 Å². The van der Waals surface area contributed by atoms with Gasteiger partial charge < -0.3 is 15.4 Å². The van der Waals surface area contributed by atoms with Crippen molar-refractivity contribution in [3.8, 4) is 0 Å². The lowest BCUT2D eigenvalue weighted by molar-refractivity contribution is 0.0523. The van der Waals surface area contributed by atoms with Crippen LogP contribution in [0.2, 0.25) is 0 Å². The Morgan fingerprint density at radius 2 is 2.28 bits per heavy atom. The smallest absolute Gasteiger partial charge is 0.407 e. The van der Waals surface area contributed by atoms with Crippen molar-refractivity contribution >= 4 is 17.4 Å². The van der Waals surface area contributed by atoms with Crippen LogP contribution < -0.4 is 10.6 Å². The predicted octanol–water partition coefficient (Wildman–Crippen LogP) is 2.15. The van der Waals surface area contributed by atoms with Crippen molar-refractivity contribution in [2.45, 2.75) is 45.9 Å². The fourth-order valence-electron chi connectivity index (χ4n) is 1.22. The number of carbonyl (C=O) groups is 1. The highest BCUT2D eigenvalue weighted by molar-refractivity contribution is 7.09. The van der Waals surface area contributed by atoms with Crippen molar-refractivity contribution in [3.05, 3.63) is 16.6 Å². The van der Waals surface area contributed by atoms with Crippen molar-refractivity contribution in [3.63, 3.8) is 0 Å². The lowest BCUT2D eigenvalue weighted by Crippen LogP contribution is -2.40. The number of alkyl carbamates (subject to hydrolysis) is 1. The number of aromatic nitrogens is 1. The molecule has 18 heavy (non-hydrogen) atoms. The van der Waals surface area contributed by atoms with E-state index in [1.54, 1.807) is 17.5 Å². The zero-order chi connectivity index (χ0) is 13.6. The fourth-order valence-corrected chi connectivity index (χ4v) is 1.79. The van der Waals surface area contributed by atoms with E-state index in [1.165, 1.54) is 0 Å². The average molecular weight is 271 g/mol. The summed E-state index contributed by atoms with van der Waals surface area (Å²) >= 11 is 1.61. The van der Waals surface area contributed by atoms with Gasteiger partial charge in [0.1, 0.15) is 10.6 Å². The lowest BCUT2D eigenvalue weighted by Gasteiger charge is -2.21. The van der Waals surface area contributed by atoms with E-state index in [1.807, 2.05) is 33.1 Å². The molecule has 0 saturated carbocycles. The molecular weight excluding hydrogens is 250 g/mol. The summed E-state index contributed by atoms with van der Waals surface area (Å²) in [7, 11) is 0. The van der Waals surface area contributed by atoms with Gasteiger partial charge in [-0.2, -0.15) is 0 Å². The highest BCUT2D eigenvalue weighted by Crippen LogP contribution is 2.06. The van der Waals surface area contributed by atoms with Crippen LogP contribution in [0.4, 0.5) is 4.79 Å². The second kappa shape index (κ2) is 6.70. The molecule has 0 radical (unpaired) electrons. The van der Waals surface area contributed by atoms with E-state index in [-0.39, 0.29) is 12.1 Å². The molecule has 0 saturated heterocycles. The third-order valence-corrected chi connectivity index (χ3v) is 2.82. The number of nitrogens with one attached hydrogen (secondary N) is 2. The molecule has 102 valence electrons. The number of nitrogens with zero attached hydrogens (tertiary/aromatic N) is 1. The Hall–Kier alpha value is -1.14. The molecule has 1 heterocycles. The van der Waals surface area contributed by atoms with Gasteiger partial charge in [-0.25, -0.2) is 9.78 Å². The molecule has 1 aromatic rings. The molecule has 6 heteroatoms. The van der Waals surface area contributed by atoms with Crippen molar-refractivity contribution in [1.29, 1.82) is 0 Å². The van der Waals surface area contributed by atoms with Crippen LogP contribution in [0, 0.1) is 0 Å². The number of carbonyl (C=O) groups excluding carboxylic acids is 1. The van der Waals surface area contributed by atoms with Gasteiger partial charge in [0.25, 0.3) is 0 Å². The van der Waals surface area contributed by atoms with E-state index in [2.05, 4.69) is 15.6 Å². The van der Waals surface area contributed by atoms with Crippen LogP contribution in [-0.4, -0.2) is 29.3 Å². The lowest BCUT2D eigenvalue weighted by atomic mass is 10.2. The summed E-state index contributed by atoms with van der Waals surface area (Å²) in [6.07, 6.45) is 1.40. The summed E-state index contributed by atoms with van der Waals surface area (Å²) < 4.78 is 5.15. The average Bonchev–Trinajstić information content (AvgIpc) is 2.74. The molecule has 1 atom stereocenters. The number of hydrogen-bond donors (Lipinski definition) is 2. The number of hydrogen-bond acceptors (Lipinski definition) is 5. The third-order valence-electron chi connectivity index (χ3n) is 2.04. The van der Waals surface area contributed by atoms with Crippen LogP contribution in [-0.2, 0) is 11.3 Å². The van der Waals surface area contributed by atoms with Crippen molar-refractivity contribution in [1.82, 2.24) is 15.6 Å². The van der Waals surface area contributed by atoms with Gasteiger partial charge in [-0.15, -0.1) is 11.3 Å². The molecule has 0 aromatic carbocycles. The number of amides is 1. The molecule has 2 N–H and O–H groups in total. The highest BCUT2D eigenvalue weighted by atomic mass is 32.1. The van der Waals surface area contributed by atoms with Crippen molar-refractivity contribution in [2.24, 2.45) is 0 Å². The van der Waals surface area contributed by atoms with E-state index < -0.39 is 5.60 Å². The van der Waals surface area contributed by atoms with E-state index in [9.17, 15) is 4.79 Å². The Kier molecular flexibility index (Phi) is 5.55. The largest absolute Gasteiger partial charge is 0.444 e. The summed E-state index contributed by atoms with van der Waals surface area (Å²) in [6, 6.07) is 0.168. The Morgan fingerprint density at radius 3 is 2.83 bits per heavy atom. The topological polar surface area (TPSA) is 63.2 Å². The van der Waals surface area contributed by atoms with E-state index in [0.29, 0.717) is 6.54 Å². The summed E-state index contributed by atoms with van der Waals surface area (Å²) in [4.78, 5) is 15.6. The van der Waals surface area contributed by atoms with Crippen LogP contribution >= 0.6 is 11.3 Å². The minimum atomic E-state index is -0.457. The van der Waals surface area contributed by atoms with Gasteiger partial charge in [0.2, 0.25) is 0 Å². The molecule has 1 aromatic heterocycles. The van der Waals surface area contributed by atoms with Gasteiger partial charge in [-0.3, -0.25) is 0 Å². The zero-order valence-electron chi connectivity index (χ0n) is 11.3. The molecule has 1 amide bonds. The molecule has 0 aliphatic heterocycles. The maximum Gasteiger partial charge on any atom is 0.407 e. The van der Waals surface area contributed by atoms with Crippen molar-refractivity contribution in [2.75, 3.05) is 6.54 Å². The summed E-state index contributed by atoms with van der Waals surface area (Å²) in [6.45, 7) is 8.78. The number of ether oxygens (including phenoxy) is 1. The van der Waals surface area contributed by atoms with Crippen molar-refractivity contribution < 1.29 is 9.53 Å². The molecule has 0 fully saturated rings. The maximum absolute atomic E-state index is 11.4. The van der Waals surface area contributed by atoms with Crippen LogP contribution in [0.15, 0.2) is 11.6 Å². The fraction of sp³-hybridized carbons (Fsp3) is 0.667. The Balaban J connectivity index is 2.17. The minimum Gasteiger partial charge on any atom is -0.444 e. The standard InChI is InChI=1S/C12H21N3O2S/c1-9(14-8-10-13-5-6-18-10)7-15-11(16)17-12(2,3)4/h5-6,9,14H,7-8H2,1-4H3,(H,15,16). The Bertz CT molecular complexity index is 360. The second-order valence-electron chi connectivity index (χ2n) is 5.09. The summed E-state index contributed by atoms with van der Waals surface area (Å²) in [5, 5.41) is 9.00. The molecule has 5 nitrogen and oxygen atoms in total. The molecule has 0 spiro atoms. The van der Waals surface area contributed by atoms with Crippen LogP contribution in [0.3, 0.4) is 0 Å². The van der Waals surface area contributed by atoms with Gasteiger partial charge in [0.15, 0.2) is 0 Å². The quantitative estimate of drug-likeness (QED) is 0.861. The summed E-state index contributed by atoms with van der Waals surface area (Å²) in [5.74, 6) is 0. The highest BCUT2D eigenvalue weighted by Gasteiger charge is 2.16. The van der Waals surface area contributed by atoms with Crippen LogP contribution in [0.5, 0.6) is 0 Å². The first-order valence-electron chi connectivity index (χ1n) is 5.95. The minimum absolute atomic E-state index is 0.168. The normalized spacial score (nSPS) is 13.1. The molecule has 0 bridgehead atoms. The van der Waals surface area contributed by atoms with Crippen LogP contribution in [0.1, 0.15) is 32.7 Å². The van der Waals surface area contributed by atoms with Gasteiger partial charge in [0.05, 0.1) is 0 Å². The van der Waals surface area contributed by atoms with E-state index in [0.717, 1.165) is 11.6 Å². The maximum atomic E-state index is 11.4. The zero-order valence-corrected chi connectivity index (χ0v) is 12.1. The number of thiazole rings is 1. The first kappa shape index (κ1) is 14.9. The first-order valence-corrected chi connectivity index (χ1v) is 6.83. The third kappa shape index (κ3) is 6.56. The number of rotatable bonds is 5. The molecule has 0 aliphatic carbocycles. The van der Waals surface area contributed by atoms with E-state index >= 15 is 0 Å². The van der Waals surface area contributed by atoms with Crippen LogP contribution in [0.25, 0.3) is 0 Å². The first-order chi connectivity index (χ1) is 8.37. The molecule has 1 unspecified atom stereocenters. The Morgan fingerprint density at radius 1 is 1.56 bits per heavy atom. The molecule has 0 aliphatic rings. The van der Waals surface area contributed by atoms with Gasteiger partial charge >= 0.3 is 6.09 Å². The second-order valence-corrected chi connectivity index (χ2v) is 6.07. The SMILES string of the molecule is CC(CNC(=O)OC(C)(C)C)NCc1nccs1. The molecule has 1 rings (SSSR count). The monoisotopic (exact) mass is 271 g/mol. The van der Waals surface area contributed by atoms with Gasteiger partial charge in [-0.05, 0) is 27.7 Å². The van der Waals surface area contributed by atoms with E-state index in [4.69, 9.17) is 4.74 Å². The summed E-state index contributed by atoms with van der Waals surface area (Å²) in [5.41, 5.74) is -0.457.